The highest BCUT2D eigenvalue weighted by atomic mass is 35.5. The lowest BCUT2D eigenvalue weighted by Crippen LogP contribution is -2.24. The molecule has 0 bridgehead atoms. The lowest BCUT2D eigenvalue weighted by Gasteiger charge is -2.13. The summed E-state index contributed by atoms with van der Waals surface area (Å²) in [6.07, 6.45) is 2.01. The average Bonchev–Trinajstić information content (AvgIpc) is 1.99. The molecule has 2 atom stereocenters. The van der Waals surface area contributed by atoms with E-state index in [2.05, 4.69) is 12.2 Å². The van der Waals surface area contributed by atoms with E-state index < -0.39 is 0 Å². The van der Waals surface area contributed by atoms with Crippen LogP contribution in [-0.4, -0.2) is 24.3 Å². The Bertz CT molecular complexity index is 79.7. The summed E-state index contributed by atoms with van der Waals surface area (Å²) in [6.45, 7) is 4.13. The number of aliphatic hydroxyl groups is 1. The fraction of sp³-hybridized carbons (Fsp3) is 1.00. The summed E-state index contributed by atoms with van der Waals surface area (Å²) in [5.74, 6) is 0.437. The number of nitrogens with one attached hydrogen (secondary N) is 1. The molecule has 2 unspecified atom stereocenters. The van der Waals surface area contributed by atoms with Crippen molar-refractivity contribution < 1.29 is 5.11 Å². The topological polar surface area (TPSA) is 32.3 Å². The van der Waals surface area contributed by atoms with Gasteiger partial charge in [0.1, 0.15) is 0 Å². The maximum Gasteiger partial charge on any atom is 0.0578 e. The second-order valence-corrected chi connectivity index (χ2v) is 2.89. The lowest BCUT2D eigenvalue weighted by atomic mass is 10.0. The van der Waals surface area contributed by atoms with E-state index in [4.69, 9.17) is 0 Å². The van der Waals surface area contributed by atoms with Crippen molar-refractivity contribution in [3.05, 3.63) is 0 Å². The van der Waals surface area contributed by atoms with Crippen molar-refractivity contribution in [3.8, 4) is 0 Å². The molecule has 1 saturated heterocycles. The molecule has 3 heteroatoms. The highest BCUT2D eigenvalue weighted by Gasteiger charge is 2.15. The predicted octanol–water partition coefficient (Wildman–Crippen LogP) is 0.789. The van der Waals surface area contributed by atoms with Crippen molar-refractivity contribution in [2.24, 2.45) is 5.92 Å². The van der Waals surface area contributed by atoms with Crippen molar-refractivity contribution in [1.29, 1.82) is 0 Å². The van der Waals surface area contributed by atoms with Crippen LogP contribution in [-0.2, 0) is 0 Å². The highest BCUT2D eigenvalue weighted by Crippen LogP contribution is 2.10. The Morgan fingerprint density at radius 3 is 2.90 bits per heavy atom. The number of rotatable bonds is 0. The monoisotopic (exact) mass is 165 g/mol. The van der Waals surface area contributed by atoms with Crippen LogP contribution in [0.1, 0.15) is 19.8 Å². The molecule has 1 aliphatic heterocycles. The third kappa shape index (κ3) is 2.86. The molecule has 0 aromatic carbocycles. The molecular weight excluding hydrogens is 150 g/mol. The molecule has 0 spiro atoms. The molecule has 62 valence electrons. The third-order valence-corrected chi connectivity index (χ3v) is 1.98. The molecule has 0 amide bonds. The van der Waals surface area contributed by atoms with E-state index in [1.165, 1.54) is 0 Å². The SMILES string of the molecule is CC1CNCCCC1O.Cl. The van der Waals surface area contributed by atoms with Crippen LogP contribution in [0.15, 0.2) is 0 Å². The first kappa shape index (κ1) is 10.2. The van der Waals surface area contributed by atoms with Gasteiger partial charge >= 0.3 is 0 Å². The van der Waals surface area contributed by atoms with Crippen LogP contribution in [0.2, 0.25) is 0 Å². The Morgan fingerprint density at radius 2 is 2.20 bits per heavy atom. The maximum atomic E-state index is 9.32. The van der Waals surface area contributed by atoms with Crippen LogP contribution in [0.25, 0.3) is 0 Å². The predicted molar refractivity (Wildman–Crippen MR) is 44.5 cm³/mol. The molecule has 1 rings (SSSR count). The Morgan fingerprint density at radius 1 is 1.50 bits per heavy atom. The van der Waals surface area contributed by atoms with Crippen LogP contribution in [0.5, 0.6) is 0 Å². The van der Waals surface area contributed by atoms with Gasteiger partial charge in [-0.3, -0.25) is 0 Å². The molecule has 2 nitrogen and oxygen atoms in total. The molecule has 2 N–H and O–H groups in total. The van der Waals surface area contributed by atoms with Crippen LogP contribution >= 0.6 is 12.4 Å². The fourth-order valence-electron chi connectivity index (χ4n) is 1.19. The molecule has 1 heterocycles. The second-order valence-electron chi connectivity index (χ2n) is 2.89. The molecule has 0 aliphatic carbocycles. The van der Waals surface area contributed by atoms with Crippen LogP contribution in [0.4, 0.5) is 0 Å². The summed E-state index contributed by atoms with van der Waals surface area (Å²) >= 11 is 0. The Hall–Kier alpha value is 0.210. The number of hydrogen-bond acceptors (Lipinski definition) is 2. The van der Waals surface area contributed by atoms with Gasteiger partial charge in [0.05, 0.1) is 6.10 Å². The van der Waals surface area contributed by atoms with Gasteiger partial charge in [-0.25, -0.2) is 0 Å². The van der Waals surface area contributed by atoms with Crippen molar-refractivity contribution in [3.63, 3.8) is 0 Å². The van der Waals surface area contributed by atoms with E-state index in [1.54, 1.807) is 0 Å². The van der Waals surface area contributed by atoms with Gasteiger partial charge in [-0.2, -0.15) is 0 Å². The minimum Gasteiger partial charge on any atom is -0.393 e. The van der Waals surface area contributed by atoms with E-state index in [0.717, 1.165) is 25.9 Å². The zero-order valence-corrected chi connectivity index (χ0v) is 7.16. The Kier molecular flexibility index (Phi) is 5.04. The molecule has 0 radical (unpaired) electrons. The largest absolute Gasteiger partial charge is 0.393 e. The first-order valence-corrected chi connectivity index (χ1v) is 3.69. The summed E-state index contributed by atoms with van der Waals surface area (Å²) in [5, 5.41) is 12.6. The van der Waals surface area contributed by atoms with Gasteiger partial charge in [-0.05, 0) is 25.3 Å². The van der Waals surface area contributed by atoms with Crippen LogP contribution in [0, 0.1) is 5.92 Å². The summed E-state index contributed by atoms with van der Waals surface area (Å²) in [7, 11) is 0. The van der Waals surface area contributed by atoms with E-state index in [-0.39, 0.29) is 18.5 Å². The first-order valence-electron chi connectivity index (χ1n) is 3.69. The molecule has 0 saturated carbocycles. The molecular formula is C7H16ClNO. The van der Waals surface area contributed by atoms with E-state index in [1.807, 2.05) is 0 Å². The quantitative estimate of drug-likeness (QED) is 0.557. The van der Waals surface area contributed by atoms with Gasteiger partial charge in [-0.1, -0.05) is 6.92 Å². The standard InChI is InChI=1S/C7H15NO.ClH/c1-6-5-8-4-2-3-7(6)9;/h6-9H,2-5H2,1H3;1H. The van der Waals surface area contributed by atoms with Gasteiger partial charge < -0.3 is 10.4 Å². The third-order valence-electron chi connectivity index (χ3n) is 1.98. The number of halogens is 1. The Balaban J connectivity index is 0.000000810. The van der Waals surface area contributed by atoms with Gasteiger partial charge in [0.15, 0.2) is 0 Å². The molecule has 1 fully saturated rings. The van der Waals surface area contributed by atoms with Gasteiger partial charge in [0, 0.05) is 6.54 Å². The zero-order valence-electron chi connectivity index (χ0n) is 6.34. The summed E-state index contributed by atoms with van der Waals surface area (Å²) in [4.78, 5) is 0. The van der Waals surface area contributed by atoms with Gasteiger partial charge in [-0.15, -0.1) is 12.4 Å². The van der Waals surface area contributed by atoms with Crippen molar-refractivity contribution in [1.82, 2.24) is 5.32 Å². The van der Waals surface area contributed by atoms with Crippen molar-refractivity contribution in [2.45, 2.75) is 25.9 Å². The number of aliphatic hydroxyl groups excluding tert-OH is 1. The lowest BCUT2D eigenvalue weighted by molar-refractivity contribution is 0.115. The van der Waals surface area contributed by atoms with E-state index in [0.29, 0.717) is 5.92 Å². The van der Waals surface area contributed by atoms with Crippen LogP contribution in [0.3, 0.4) is 0 Å². The van der Waals surface area contributed by atoms with Crippen molar-refractivity contribution >= 4 is 12.4 Å². The molecule has 0 aromatic rings. The van der Waals surface area contributed by atoms with Crippen molar-refractivity contribution in [2.75, 3.05) is 13.1 Å². The summed E-state index contributed by atoms with van der Waals surface area (Å²) in [6, 6.07) is 0. The highest BCUT2D eigenvalue weighted by molar-refractivity contribution is 5.85. The average molecular weight is 166 g/mol. The fourth-order valence-corrected chi connectivity index (χ4v) is 1.19. The number of hydrogen-bond donors (Lipinski definition) is 2. The smallest absolute Gasteiger partial charge is 0.0578 e. The first-order chi connectivity index (χ1) is 4.30. The van der Waals surface area contributed by atoms with Crippen LogP contribution < -0.4 is 5.32 Å². The summed E-state index contributed by atoms with van der Waals surface area (Å²) < 4.78 is 0. The summed E-state index contributed by atoms with van der Waals surface area (Å²) in [5.41, 5.74) is 0. The zero-order chi connectivity index (χ0) is 6.69. The maximum absolute atomic E-state index is 9.32. The van der Waals surface area contributed by atoms with E-state index in [9.17, 15) is 5.11 Å². The molecule has 1 aliphatic rings. The second kappa shape index (κ2) is 4.94. The Labute approximate surface area is 68.4 Å². The minimum atomic E-state index is -0.0694. The van der Waals surface area contributed by atoms with Gasteiger partial charge in [0.2, 0.25) is 0 Å². The van der Waals surface area contributed by atoms with E-state index >= 15 is 0 Å². The molecule has 0 aromatic heterocycles. The molecule has 10 heavy (non-hydrogen) atoms. The van der Waals surface area contributed by atoms with Gasteiger partial charge in [0.25, 0.3) is 0 Å². The minimum absolute atomic E-state index is 0. The normalized spacial score (nSPS) is 34.2.